The van der Waals surface area contributed by atoms with Gasteiger partial charge in [0.15, 0.2) is 11.5 Å². The second-order valence-corrected chi connectivity index (χ2v) is 13.1. The number of hydrogen-bond donors (Lipinski definition) is 1. The lowest BCUT2D eigenvalue weighted by Gasteiger charge is -2.37. The van der Waals surface area contributed by atoms with Gasteiger partial charge in [-0.2, -0.15) is 0 Å². The molecule has 0 unspecified atom stereocenters. The average molecular weight is 639 g/mol. The molecule has 1 amide bonds. The summed E-state index contributed by atoms with van der Waals surface area (Å²) in [4.78, 5) is 33.2. The van der Waals surface area contributed by atoms with E-state index in [1.807, 2.05) is 6.07 Å². The molecule has 7 rings (SSSR count). The van der Waals surface area contributed by atoms with Crippen molar-refractivity contribution in [2.75, 3.05) is 30.0 Å². The second kappa shape index (κ2) is 13.3. The smallest absolute Gasteiger partial charge is 0.414 e. The molecule has 2 aromatic heterocycles. The summed E-state index contributed by atoms with van der Waals surface area (Å²) in [5.74, 6) is 0.685. The predicted molar refractivity (Wildman–Crippen MR) is 178 cm³/mol. The van der Waals surface area contributed by atoms with Crippen molar-refractivity contribution in [2.45, 2.75) is 89.0 Å². The molecule has 3 atom stereocenters. The quantitative estimate of drug-likeness (QED) is 0.252. The van der Waals surface area contributed by atoms with Gasteiger partial charge in [-0.1, -0.05) is 30.3 Å². The van der Waals surface area contributed by atoms with Crippen LogP contribution in [0.5, 0.6) is 0 Å². The fourth-order valence-corrected chi connectivity index (χ4v) is 7.71. The van der Waals surface area contributed by atoms with Crippen LogP contribution < -0.4 is 9.80 Å². The van der Waals surface area contributed by atoms with E-state index in [2.05, 4.69) is 63.0 Å². The first-order valence-electron chi connectivity index (χ1n) is 16.8. The van der Waals surface area contributed by atoms with Crippen LogP contribution in [0.3, 0.4) is 0 Å². The van der Waals surface area contributed by atoms with Crippen molar-refractivity contribution < 1.29 is 24.2 Å². The van der Waals surface area contributed by atoms with Gasteiger partial charge in [-0.15, -0.1) is 10.2 Å². The van der Waals surface area contributed by atoms with Gasteiger partial charge >= 0.3 is 12.1 Å². The van der Waals surface area contributed by atoms with Crippen molar-refractivity contribution >= 4 is 34.6 Å². The first-order valence-corrected chi connectivity index (χ1v) is 16.8. The molecule has 11 heteroatoms. The van der Waals surface area contributed by atoms with E-state index in [-0.39, 0.29) is 36.1 Å². The van der Waals surface area contributed by atoms with E-state index in [4.69, 9.17) is 19.6 Å². The number of fused-ring (bicyclic) bond motifs is 3. The van der Waals surface area contributed by atoms with Gasteiger partial charge in [0.2, 0.25) is 0 Å². The molecule has 11 nitrogen and oxygen atoms in total. The summed E-state index contributed by atoms with van der Waals surface area (Å²) in [5.41, 5.74) is 5.32. The van der Waals surface area contributed by atoms with Gasteiger partial charge in [-0.05, 0) is 88.1 Å². The lowest BCUT2D eigenvalue weighted by molar-refractivity contribution is -0.0477. The first-order chi connectivity index (χ1) is 22.9. The van der Waals surface area contributed by atoms with E-state index in [1.165, 1.54) is 18.7 Å². The number of ether oxygens (including phenoxy) is 2. The van der Waals surface area contributed by atoms with E-state index >= 15 is 0 Å². The van der Waals surface area contributed by atoms with Crippen molar-refractivity contribution in [3.05, 3.63) is 77.2 Å². The van der Waals surface area contributed by atoms with Crippen LogP contribution in [0.25, 0.3) is 11.0 Å². The highest BCUT2D eigenvalue weighted by Crippen LogP contribution is 2.40. The predicted octanol–water partition coefficient (Wildman–Crippen LogP) is 6.19. The van der Waals surface area contributed by atoms with Crippen molar-refractivity contribution in [1.29, 1.82) is 0 Å². The molecular weight excluding hydrogens is 596 g/mol. The third-order valence-corrected chi connectivity index (χ3v) is 10.1. The van der Waals surface area contributed by atoms with Gasteiger partial charge in [-0.3, -0.25) is 4.90 Å². The van der Waals surface area contributed by atoms with Crippen LogP contribution in [0.15, 0.2) is 54.6 Å². The standard InChI is InChI=1S/C36H42N6O5/c1-23-11-12-28-30(41(23)36(45)46-2)14-15-31-34(28)37-33(21-24-7-4-3-5-8-24)42(31)25-9-6-10-27(22-25)47-26-17-19-40(20-18-26)32-16-13-29(35(43)44)38-39-32/h3-5,7-8,13-16,23,25-27H,6,9-12,17-22H2,1-2H3,(H,43,44)/t23-,25-,27-/m0/s1. The molecule has 246 valence electrons. The minimum Gasteiger partial charge on any atom is -0.476 e. The highest BCUT2D eigenvalue weighted by atomic mass is 16.5. The molecule has 1 N–H and O–H groups in total. The molecule has 2 aliphatic heterocycles. The Balaban J connectivity index is 1.11. The van der Waals surface area contributed by atoms with Crippen LogP contribution >= 0.6 is 0 Å². The van der Waals surface area contributed by atoms with E-state index in [0.29, 0.717) is 5.82 Å². The van der Waals surface area contributed by atoms with Crippen LogP contribution in [0, 0.1) is 0 Å². The Kier molecular flexibility index (Phi) is 8.81. The maximum absolute atomic E-state index is 12.8. The minimum atomic E-state index is -1.07. The maximum atomic E-state index is 12.8. The number of benzene rings is 2. The normalized spacial score (nSPS) is 21.9. The Hall–Kier alpha value is -4.51. The third kappa shape index (κ3) is 6.28. The van der Waals surface area contributed by atoms with Crippen LogP contribution in [0.4, 0.5) is 16.3 Å². The summed E-state index contributed by atoms with van der Waals surface area (Å²) in [6, 6.07) is 18.3. The topological polar surface area (TPSA) is 123 Å². The highest BCUT2D eigenvalue weighted by Gasteiger charge is 2.34. The summed E-state index contributed by atoms with van der Waals surface area (Å²) < 4.78 is 14.4. The summed E-state index contributed by atoms with van der Waals surface area (Å²) in [5, 5.41) is 17.1. The molecule has 0 radical (unpaired) electrons. The Morgan fingerprint density at radius 2 is 1.74 bits per heavy atom. The number of anilines is 2. The van der Waals surface area contributed by atoms with E-state index in [1.54, 1.807) is 11.0 Å². The summed E-state index contributed by atoms with van der Waals surface area (Å²) in [7, 11) is 1.44. The second-order valence-electron chi connectivity index (χ2n) is 13.1. The number of carboxylic acid groups (broad SMARTS) is 1. The molecule has 1 aliphatic carbocycles. The van der Waals surface area contributed by atoms with Crippen LogP contribution in [-0.4, -0.2) is 75.4 Å². The van der Waals surface area contributed by atoms with Crippen LogP contribution in [0.2, 0.25) is 0 Å². The zero-order valence-electron chi connectivity index (χ0n) is 27.0. The molecule has 4 aromatic rings. The van der Waals surface area contributed by atoms with E-state index in [0.717, 1.165) is 99.0 Å². The van der Waals surface area contributed by atoms with Crippen molar-refractivity contribution in [2.24, 2.45) is 0 Å². The van der Waals surface area contributed by atoms with Gasteiger partial charge in [0.05, 0.1) is 36.0 Å². The lowest BCUT2D eigenvalue weighted by atomic mass is 9.91. The number of carbonyl (C=O) groups is 2. The van der Waals surface area contributed by atoms with Gasteiger partial charge in [0.25, 0.3) is 0 Å². The fraction of sp³-hybridized carbons (Fsp3) is 0.472. The zero-order chi connectivity index (χ0) is 32.5. The number of carbonyl (C=O) groups excluding carboxylic acids is 1. The number of amides is 1. The van der Waals surface area contributed by atoms with Crippen LogP contribution in [0.1, 0.15) is 85.4 Å². The monoisotopic (exact) mass is 638 g/mol. The highest BCUT2D eigenvalue weighted by molar-refractivity contribution is 5.95. The van der Waals surface area contributed by atoms with Gasteiger partial charge in [0.1, 0.15) is 5.82 Å². The fourth-order valence-electron chi connectivity index (χ4n) is 7.71. The molecule has 2 aromatic carbocycles. The number of rotatable bonds is 7. The molecule has 1 saturated heterocycles. The molecule has 4 heterocycles. The summed E-state index contributed by atoms with van der Waals surface area (Å²) >= 11 is 0. The molecule has 0 bridgehead atoms. The molecular formula is C36H42N6O5. The SMILES string of the molecule is COC(=O)N1c2ccc3c(nc(Cc4ccccc4)n3[C@H]3CCC[C@H](OC4CCN(c5ccc(C(=O)O)nn5)CC4)C3)c2CC[C@@H]1C. The van der Waals surface area contributed by atoms with Gasteiger partial charge in [0, 0.05) is 37.2 Å². The number of hydrogen-bond acceptors (Lipinski definition) is 8. The molecule has 0 spiro atoms. The average Bonchev–Trinajstić information content (AvgIpc) is 3.47. The maximum Gasteiger partial charge on any atom is 0.414 e. The molecule has 3 aliphatic rings. The zero-order valence-corrected chi connectivity index (χ0v) is 27.0. The summed E-state index contributed by atoms with van der Waals surface area (Å²) in [6.45, 7) is 3.66. The number of aromatic nitrogens is 4. The van der Waals surface area contributed by atoms with Gasteiger partial charge < -0.3 is 24.0 Å². The third-order valence-electron chi connectivity index (χ3n) is 10.1. The van der Waals surface area contributed by atoms with Gasteiger partial charge in [-0.25, -0.2) is 14.6 Å². The molecule has 1 saturated carbocycles. The van der Waals surface area contributed by atoms with Crippen molar-refractivity contribution in [3.63, 3.8) is 0 Å². The molecule has 2 fully saturated rings. The van der Waals surface area contributed by atoms with Crippen LogP contribution in [-0.2, 0) is 22.3 Å². The number of aromatic carboxylic acids is 1. The number of piperidine rings is 1. The lowest BCUT2D eigenvalue weighted by Crippen LogP contribution is -2.42. The van der Waals surface area contributed by atoms with Crippen molar-refractivity contribution in [1.82, 2.24) is 19.7 Å². The van der Waals surface area contributed by atoms with E-state index in [9.17, 15) is 9.59 Å². The first kappa shape index (κ1) is 31.1. The number of aryl methyl sites for hydroxylation is 1. The number of methoxy groups -OCH3 is 1. The Morgan fingerprint density at radius 3 is 2.47 bits per heavy atom. The molecule has 47 heavy (non-hydrogen) atoms. The van der Waals surface area contributed by atoms with Crippen molar-refractivity contribution in [3.8, 4) is 0 Å². The Morgan fingerprint density at radius 1 is 0.936 bits per heavy atom. The number of nitrogens with zero attached hydrogens (tertiary/aromatic N) is 6. The number of imidazole rings is 1. The van der Waals surface area contributed by atoms with E-state index < -0.39 is 5.97 Å². The number of carboxylic acids is 1. The largest absolute Gasteiger partial charge is 0.476 e. The minimum absolute atomic E-state index is 0.0472. The summed E-state index contributed by atoms with van der Waals surface area (Å²) in [6.07, 6.45) is 8.37. The Bertz CT molecular complexity index is 1730. The Labute approximate surface area is 274 Å².